The molecule has 0 unspecified atom stereocenters. The summed E-state index contributed by atoms with van der Waals surface area (Å²) in [7, 11) is 3.45. The van der Waals surface area contributed by atoms with Crippen LogP contribution in [0.15, 0.2) is 0 Å². The Morgan fingerprint density at radius 3 is 1.46 bits per heavy atom. The number of amides is 1. The highest BCUT2D eigenvalue weighted by molar-refractivity contribution is 5.75. The second kappa shape index (κ2) is 7.77. The summed E-state index contributed by atoms with van der Waals surface area (Å²) < 4.78 is 0. The van der Waals surface area contributed by atoms with E-state index in [0.717, 1.165) is 6.42 Å². The van der Waals surface area contributed by atoms with Crippen molar-refractivity contribution in [2.75, 3.05) is 14.1 Å². The molecular weight excluding hydrogens is 166 g/mol. The Hall–Kier alpha value is -0.860. The molecule has 0 N–H and O–H groups in total. The van der Waals surface area contributed by atoms with E-state index in [1.165, 1.54) is 11.8 Å². The van der Waals surface area contributed by atoms with Gasteiger partial charge in [-0.2, -0.15) is 0 Å². The SMILES string of the molecule is CC(=O)CC(C)C.CC(=O)N(C)C. The van der Waals surface area contributed by atoms with Gasteiger partial charge in [-0.3, -0.25) is 4.79 Å². The molecule has 0 aliphatic carbocycles. The third-order valence-corrected chi connectivity index (χ3v) is 1.33. The Morgan fingerprint density at radius 2 is 1.46 bits per heavy atom. The molecule has 3 nitrogen and oxygen atoms in total. The van der Waals surface area contributed by atoms with Gasteiger partial charge in [-0.1, -0.05) is 13.8 Å². The minimum atomic E-state index is 0.0926. The molecule has 0 aliphatic rings. The molecule has 3 heteroatoms. The van der Waals surface area contributed by atoms with Crippen molar-refractivity contribution in [3.8, 4) is 0 Å². The minimum Gasteiger partial charge on any atom is -0.349 e. The van der Waals surface area contributed by atoms with Crippen molar-refractivity contribution in [1.29, 1.82) is 0 Å². The van der Waals surface area contributed by atoms with E-state index >= 15 is 0 Å². The van der Waals surface area contributed by atoms with Gasteiger partial charge in [0.05, 0.1) is 0 Å². The van der Waals surface area contributed by atoms with E-state index in [9.17, 15) is 9.59 Å². The average Bonchev–Trinajstić information content (AvgIpc) is 1.84. The zero-order valence-electron chi connectivity index (χ0n) is 9.55. The van der Waals surface area contributed by atoms with Gasteiger partial charge < -0.3 is 9.69 Å². The third-order valence-electron chi connectivity index (χ3n) is 1.33. The van der Waals surface area contributed by atoms with Crippen molar-refractivity contribution in [2.45, 2.75) is 34.1 Å². The zero-order valence-corrected chi connectivity index (χ0v) is 9.55. The van der Waals surface area contributed by atoms with Crippen LogP contribution in [0.1, 0.15) is 34.1 Å². The standard InChI is InChI=1S/C6H12O.C4H9NO/c1-5(2)4-6(3)7;1-4(6)5(2)3/h5H,4H2,1-3H3;1-3H3. The highest BCUT2D eigenvalue weighted by Crippen LogP contribution is 1.97. The summed E-state index contributed by atoms with van der Waals surface area (Å²) >= 11 is 0. The minimum absolute atomic E-state index is 0.0926. The van der Waals surface area contributed by atoms with Crippen LogP contribution in [-0.2, 0) is 9.59 Å². The Labute approximate surface area is 81.1 Å². The van der Waals surface area contributed by atoms with Gasteiger partial charge in [-0.15, -0.1) is 0 Å². The summed E-state index contributed by atoms with van der Waals surface area (Å²) in [6.07, 6.45) is 0.722. The largest absolute Gasteiger partial charge is 0.349 e. The van der Waals surface area contributed by atoms with E-state index in [1.54, 1.807) is 21.0 Å². The first kappa shape index (κ1) is 14.7. The average molecular weight is 187 g/mol. The van der Waals surface area contributed by atoms with Crippen LogP contribution in [0.25, 0.3) is 0 Å². The molecule has 0 aliphatic heterocycles. The summed E-state index contributed by atoms with van der Waals surface area (Å²) in [4.78, 5) is 21.9. The van der Waals surface area contributed by atoms with Gasteiger partial charge in [0.25, 0.3) is 0 Å². The van der Waals surface area contributed by atoms with E-state index in [2.05, 4.69) is 0 Å². The fourth-order valence-corrected chi connectivity index (χ4v) is 0.575. The Kier molecular flexibility index (Phi) is 8.76. The number of Topliss-reactive ketones (excluding diaryl/α,β-unsaturated/α-hetero) is 1. The van der Waals surface area contributed by atoms with E-state index in [4.69, 9.17) is 0 Å². The highest BCUT2D eigenvalue weighted by atomic mass is 16.2. The van der Waals surface area contributed by atoms with Crippen molar-refractivity contribution < 1.29 is 9.59 Å². The fourth-order valence-electron chi connectivity index (χ4n) is 0.575. The molecule has 0 aromatic rings. The van der Waals surface area contributed by atoms with Crippen LogP contribution in [0.5, 0.6) is 0 Å². The van der Waals surface area contributed by atoms with Gasteiger partial charge in [0.15, 0.2) is 0 Å². The first-order valence-electron chi connectivity index (χ1n) is 4.44. The summed E-state index contributed by atoms with van der Waals surface area (Å²) in [6.45, 7) is 7.24. The van der Waals surface area contributed by atoms with Crippen LogP contribution in [-0.4, -0.2) is 30.7 Å². The monoisotopic (exact) mass is 187 g/mol. The zero-order chi connectivity index (χ0) is 11.0. The maximum Gasteiger partial charge on any atom is 0.218 e. The summed E-state index contributed by atoms with van der Waals surface area (Å²) in [5.41, 5.74) is 0. The van der Waals surface area contributed by atoms with Crippen LogP contribution >= 0.6 is 0 Å². The van der Waals surface area contributed by atoms with Crippen molar-refractivity contribution in [3.05, 3.63) is 0 Å². The quantitative estimate of drug-likeness (QED) is 0.660. The first-order chi connectivity index (χ1) is 5.77. The lowest BCUT2D eigenvalue weighted by Gasteiger charge is -2.02. The molecule has 0 heterocycles. The maximum absolute atomic E-state index is 10.3. The number of nitrogens with zero attached hydrogens (tertiary/aromatic N) is 1. The maximum atomic E-state index is 10.3. The second-order valence-corrected chi connectivity index (χ2v) is 3.71. The van der Waals surface area contributed by atoms with Gasteiger partial charge in [0.1, 0.15) is 5.78 Å². The van der Waals surface area contributed by atoms with Crippen LogP contribution in [0.3, 0.4) is 0 Å². The van der Waals surface area contributed by atoms with Gasteiger partial charge in [-0.25, -0.2) is 0 Å². The lowest BCUT2D eigenvalue weighted by Crippen LogP contribution is -2.17. The predicted molar refractivity (Wildman–Crippen MR) is 54.5 cm³/mol. The molecule has 0 aromatic heterocycles. The van der Waals surface area contributed by atoms with Crippen molar-refractivity contribution in [1.82, 2.24) is 4.90 Å². The molecular formula is C10H21NO2. The molecule has 0 aromatic carbocycles. The molecule has 1 amide bonds. The van der Waals surface area contributed by atoms with E-state index in [1.807, 2.05) is 13.8 Å². The molecule has 0 bridgehead atoms. The fraction of sp³-hybridized carbons (Fsp3) is 0.800. The van der Waals surface area contributed by atoms with Gasteiger partial charge in [-0.05, 0) is 12.8 Å². The van der Waals surface area contributed by atoms with Crippen LogP contribution in [0, 0.1) is 5.92 Å². The van der Waals surface area contributed by atoms with E-state index in [0.29, 0.717) is 5.92 Å². The van der Waals surface area contributed by atoms with E-state index < -0.39 is 0 Å². The Morgan fingerprint density at radius 1 is 1.15 bits per heavy atom. The summed E-state index contributed by atoms with van der Waals surface area (Å²) in [5, 5.41) is 0. The molecule has 0 saturated heterocycles. The second-order valence-electron chi connectivity index (χ2n) is 3.71. The van der Waals surface area contributed by atoms with E-state index in [-0.39, 0.29) is 11.7 Å². The van der Waals surface area contributed by atoms with Gasteiger partial charge in [0, 0.05) is 27.4 Å². The van der Waals surface area contributed by atoms with Crippen LogP contribution in [0.2, 0.25) is 0 Å². The molecule has 0 spiro atoms. The topological polar surface area (TPSA) is 37.4 Å². The summed E-state index contributed by atoms with van der Waals surface area (Å²) in [5.74, 6) is 0.905. The lowest BCUT2D eigenvalue weighted by atomic mass is 10.1. The number of carbonyl (C=O) groups excluding carboxylic acids is 2. The van der Waals surface area contributed by atoms with Gasteiger partial charge >= 0.3 is 0 Å². The van der Waals surface area contributed by atoms with Crippen LogP contribution < -0.4 is 0 Å². The first-order valence-corrected chi connectivity index (χ1v) is 4.44. The number of rotatable bonds is 2. The van der Waals surface area contributed by atoms with Crippen molar-refractivity contribution in [2.24, 2.45) is 5.92 Å². The molecule has 0 fully saturated rings. The summed E-state index contributed by atoms with van der Waals surface area (Å²) in [6, 6.07) is 0. The third kappa shape index (κ3) is 18.3. The number of hydrogen-bond acceptors (Lipinski definition) is 2. The number of carbonyl (C=O) groups is 2. The Bertz CT molecular complexity index is 162. The van der Waals surface area contributed by atoms with Crippen molar-refractivity contribution >= 4 is 11.7 Å². The molecule has 0 atom stereocenters. The normalized spacial score (nSPS) is 8.85. The smallest absolute Gasteiger partial charge is 0.218 e. The number of ketones is 1. The molecule has 13 heavy (non-hydrogen) atoms. The van der Waals surface area contributed by atoms with Crippen molar-refractivity contribution in [3.63, 3.8) is 0 Å². The number of hydrogen-bond donors (Lipinski definition) is 0. The molecule has 78 valence electrons. The predicted octanol–water partition coefficient (Wildman–Crippen LogP) is 1.72. The van der Waals surface area contributed by atoms with Crippen LogP contribution in [0.4, 0.5) is 0 Å². The van der Waals surface area contributed by atoms with Gasteiger partial charge in [0.2, 0.25) is 5.91 Å². The highest BCUT2D eigenvalue weighted by Gasteiger charge is 1.95. The molecule has 0 radical (unpaired) electrons. The Balaban J connectivity index is 0. The molecule has 0 rings (SSSR count). The lowest BCUT2D eigenvalue weighted by molar-refractivity contribution is -0.126. The molecule has 0 saturated carbocycles.